The first-order chi connectivity index (χ1) is 9.99. The fraction of sp³-hybridized carbons (Fsp3) is 1.00. The van der Waals surface area contributed by atoms with Crippen molar-refractivity contribution >= 4 is 0 Å². The number of rotatable bonds is 2. The van der Waals surface area contributed by atoms with Crippen molar-refractivity contribution in [1.29, 1.82) is 0 Å². The van der Waals surface area contributed by atoms with E-state index < -0.39 is 0 Å². The number of nitrogens with one attached hydrogen (secondary N) is 1. The van der Waals surface area contributed by atoms with Crippen molar-refractivity contribution in [1.82, 2.24) is 5.32 Å². The second-order valence-corrected chi connectivity index (χ2v) is 10.0. The molecule has 0 aromatic carbocycles. The molecular weight excluding hydrogens is 254 g/mol. The van der Waals surface area contributed by atoms with E-state index >= 15 is 0 Å². The number of hydrogen-bond acceptors (Lipinski definition) is 1. The Morgan fingerprint density at radius 2 is 1.24 bits per heavy atom. The predicted molar refractivity (Wildman–Crippen MR) is 89.2 cm³/mol. The van der Waals surface area contributed by atoms with Crippen molar-refractivity contribution in [2.45, 2.75) is 90.6 Å². The maximum absolute atomic E-state index is 4.17. The SMILES string of the molecule is CC(C)(C)C1CCC(NC2C3CC4CC(C3)CC2C4)CC1. The summed E-state index contributed by atoms with van der Waals surface area (Å²) in [7, 11) is 0. The molecule has 5 aliphatic rings. The monoisotopic (exact) mass is 289 g/mol. The fourth-order valence-electron chi connectivity index (χ4n) is 6.60. The van der Waals surface area contributed by atoms with Crippen molar-refractivity contribution < 1.29 is 0 Å². The van der Waals surface area contributed by atoms with Crippen LogP contribution in [0, 0.1) is 35.0 Å². The van der Waals surface area contributed by atoms with E-state index in [0.717, 1.165) is 41.7 Å². The largest absolute Gasteiger partial charge is 0.311 e. The Morgan fingerprint density at radius 3 is 1.71 bits per heavy atom. The summed E-state index contributed by atoms with van der Waals surface area (Å²) in [5.74, 6) is 5.27. The lowest BCUT2D eigenvalue weighted by Gasteiger charge is -2.55. The summed E-state index contributed by atoms with van der Waals surface area (Å²) in [6, 6.07) is 1.74. The summed E-state index contributed by atoms with van der Waals surface area (Å²) in [4.78, 5) is 0. The van der Waals surface area contributed by atoms with Crippen molar-refractivity contribution in [3.05, 3.63) is 0 Å². The van der Waals surface area contributed by atoms with Crippen LogP contribution in [0.3, 0.4) is 0 Å². The van der Waals surface area contributed by atoms with E-state index in [2.05, 4.69) is 26.1 Å². The molecule has 5 rings (SSSR count). The summed E-state index contributed by atoms with van der Waals surface area (Å²) in [5, 5.41) is 4.17. The molecule has 0 spiro atoms. The zero-order valence-corrected chi connectivity index (χ0v) is 14.4. The molecule has 0 saturated heterocycles. The lowest BCUT2D eigenvalue weighted by atomic mass is 9.54. The van der Waals surface area contributed by atoms with Crippen LogP contribution in [0.15, 0.2) is 0 Å². The fourth-order valence-corrected chi connectivity index (χ4v) is 6.60. The first kappa shape index (κ1) is 14.5. The third kappa shape index (κ3) is 2.80. The van der Waals surface area contributed by atoms with Gasteiger partial charge >= 0.3 is 0 Å². The van der Waals surface area contributed by atoms with Gasteiger partial charge in [-0.05, 0) is 92.8 Å². The van der Waals surface area contributed by atoms with E-state index in [4.69, 9.17) is 0 Å². The Morgan fingerprint density at radius 1 is 0.714 bits per heavy atom. The Hall–Kier alpha value is -0.0400. The molecule has 120 valence electrons. The highest BCUT2D eigenvalue weighted by Gasteiger charge is 2.48. The second-order valence-electron chi connectivity index (χ2n) is 10.0. The highest BCUT2D eigenvalue weighted by Crippen LogP contribution is 2.54. The van der Waals surface area contributed by atoms with Gasteiger partial charge in [-0.1, -0.05) is 20.8 Å². The zero-order valence-electron chi connectivity index (χ0n) is 14.4. The van der Waals surface area contributed by atoms with Crippen LogP contribution in [-0.4, -0.2) is 12.1 Å². The zero-order chi connectivity index (χ0) is 14.6. The third-order valence-electron chi connectivity index (χ3n) is 7.61. The normalized spacial score (nSPS) is 49.6. The van der Waals surface area contributed by atoms with E-state index in [0.29, 0.717) is 5.41 Å². The van der Waals surface area contributed by atoms with Gasteiger partial charge in [0.1, 0.15) is 0 Å². The molecule has 0 heterocycles. The summed E-state index contributed by atoms with van der Waals surface area (Å²) < 4.78 is 0. The van der Waals surface area contributed by atoms with Crippen molar-refractivity contribution in [2.75, 3.05) is 0 Å². The lowest BCUT2D eigenvalue weighted by molar-refractivity contribution is -0.0207. The van der Waals surface area contributed by atoms with Gasteiger partial charge < -0.3 is 5.32 Å². The highest BCUT2D eigenvalue weighted by atomic mass is 15.0. The molecular formula is C20H35N. The molecule has 5 aliphatic carbocycles. The topological polar surface area (TPSA) is 12.0 Å². The van der Waals surface area contributed by atoms with Crippen LogP contribution in [0.1, 0.15) is 78.6 Å². The maximum Gasteiger partial charge on any atom is 0.0127 e. The molecule has 0 radical (unpaired) electrons. The van der Waals surface area contributed by atoms with Crippen LogP contribution in [-0.2, 0) is 0 Å². The summed E-state index contributed by atoms with van der Waals surface area (Å²) in [6.07, 6.45) is 13.6. The van der Waals surface area contributed by atoms with Gasteiger partial charge in [0.15, 0.2) is 0 Å². The molecule has 1 heteroatoms. The van der Waals surface area contributed by atoms with Crippen LogP contribution in [0.2, 0.25) is 0 Å². The Labute approximate surface area is 131 Å². The molecule has 21 heavy (non-hydrogen) atoms. The van der Waals surface area contributed by atoms with Gasteiger partial charge in [-0.2, -0.15) is 0 Å². The molecule has 1 nitrogen and oxygen atoms in total. The van der Waals surface area contributed by atoms with Gasteiger partial charge in [0.05, 0.1) is 0 Å². The van der Waals surface area contributed by atoms with E-state index in [1.807, 2.05) is 0 Å². The summed E-state index contributed by atoms with van der Waals surface area (Å²) in [6.45, 7) is 7.30. The Kier molecular flexibility index (Phi) is 3.64. The van der Waals surface area contributed by atoms with Crippen LogP contribution in [0.4, 0.5) is 0 Å². The first-order valence-electron chi connectivity index (χ1n) is 9.75. The van der Waals surface area contributed by atoms with Crippen molar-refractivity contribution in [3.8, 4) is 0 Å². The average Bonchev–Trinajstić information content (AvgIpc) is 2.41. The molecule has 0 aromatic rings. The summed E-state index contributed by atoms with van der Waals surface area (Å²) in [5.41, 5.74) is 0.521. The van der Waals surface area contributed by atoms with Gasteiger partial charge in [0, 0.05) is 12.1 Å². The molecule has 5 fully saturated rings. The number of hydrogen-bond donors (Lipinski definition) is 1. The van der Waals surface area contributed by atoms with E-state index in [9.17, 15) is 0 Å². The minimum atomic E-state index is 0.521. The van der Waals surface area contributed by atoms with Gasteiger partial charge in [-0.15, -0.1) is 0 Å². The molecule has 1 N–H and O–H groups in total. The Balaban J connectivity index is 1.33. The van der Waals surface area contributed by atoms with Crippen molar-refractivity contribution in [2.24, 2.45) is 35.0 Å². The summed E-state index contributed by atoms with van der Waals surface area (Å²) >= 11 is 0. The van der Waals surface area contributed by atoms with E-state index in [1.54, 1.807) is 32.1 Å². The standard InChI is InChI=1S/C20H35N/c1-20(2,3)17-4-6-18(7-5-17)21-19-15-9-13-8-14(11-15)12-16(19)10-13/h13-19,21H,4-12H2,1-3H3. The van der Waals surface area contributed by atoms with Crippen LogP contribution < -0.4 is 5.32 Å². The molecule has 0 amide bonds. The average molecular weight is 290 g/mol. The molecule has 0 aromatic heterocycles. The quantitative estimate of drug-likeness (QED) is 0.754. The first-order valence-corrected chi connectivity index (χ1v) is 9.75. The maximum atomic E-state index is 4.17. The lowest BCUT2D eigenvalue weighted by Crippen LogP contribution is -2.57. The molecule has 0 unspecified atom stereocenters. The van der Waals surface area contributed by atoms with Crippen LogP contribution >= 0.6 is 0 Å². The Bertz CT molecular complexity index is 344. The third-order valence-corrected chi connectivity index (χ3v) is 7.61. The predicted octanol–water partition coefficient (Wildman–Crippen LogP) is 5.01. The van der Waals surface area contributed by atoms with Gasteiger partial charge in [-0.25, -0.2) is 0 Å². The molecule has 5 saturated carbocycles. The van der Waals surface area contributed by atoms with Gasteiger partial charge in [0.2, 0.25) is 0 Å². The molecule has 4 bridgehead atoms. The highest BCUT2D eigenvalue weighted by molar-refractivity contribution is 5.02. The van der Waals surface area contributed by atoms with E-state index in [-0.39, 0.29) is 0 Å². The van der Waals surface area contributed by atoms with E-state index in [1.165, 1.54) is 25.7 Å². The minimum Gasteiger partial charge on any atom is -0.311 e. The second kappa shape index (κ2) is 5.25. The van der Waals surface area contributed by atoms with Crippen LogP contribution in [0.25, 0.3) is 0 Å². The molecule has 0 atom stereocenters. The minimum absolute atomic E-state index is 0.521. The van der Waals surface area contributed by atoms with Crippen LogP contribution in [0.5, 0.6) is 0 Å². The molecule has 0 aliphatic heterocycles. The van der Waals surface area contributed by atoms with Gasteiger partial charge in [0.25, 0.3) is 0 Å². The smallest absolute Gasteiger partial charge is 0.0127 e. The van der Waals surface area contributed by atoms with Crippen molar-refractivity contribution in [3.63, 3.8) is 0 Å². The van der Waals surface area contributed by atoms with Gasteiger partial charge in [-0.3, -0.25) is 0 Å².